The summed E-state index contributed by atoms with van der Waals surface area (Å²) in [5.74, 6) is -0.519. The van der Waals surface area contributed by atoms with Gasteiger partial charge in [0.2, 0.25) is 5.91 Å². The first-order valence-electron chi connectivity index (χ1n) is 16.0. The Morgan fingerprint density at radius 2 is 1.96 bits per heavy atom. The first kappa shape index (κ1) is 37.8. The molecule has 3 heterocycles. The number of carbonyl (C=O) groups is 3. The monoisotopic (exact) mass is 702 g/mol. The molecule has 3 aliphatic heterocycles. The van der Waals surface area contributed by atoms with Gasteiger partial charge in [-0.2, -0.15) is 0 Å². The van der Waals surface area contributed by atoms with Crippen molar-refractivity contribution >= 4 is 35.4 Å². The van der Waals surface area contributed by atoms with E-state index in [1.54, 1.807) is 64.3 Å². The molecule has 1 aromatic carbocycles. The highest BCUT2D eigenvalue weighted by molar-refractivity contribution is 6.35. The number of nitrogens with zero attached hydrogens (tertiary/aromatic N) is 1. The Bertz CT molecular complexity index is 1570. The molecule has 2 fully saturated rings. The van der Waals surface area contributed by atoms with Gasteiger partial charge in [0.15, 0.2) is 5.72 Å². The molecule has 3 amide bonds. The molecule has 14 heteroatoms. The zero-order valence-corrected chi connectivity index (χ0v) is 29.9. The molecular weight excluding hydrogens is 656 g/mol. The van der Waals surface area contributed by atoms with E-state index in [0.29, 0.717) is 29.3 Å². The molecule has 268 valence electrons. The van der Waals surface area contributed by atoms with Crippen LogP contribution >= 0.6 is 11.6 Å². The highest BCUT2D eigenvalue weighted by Crippen LogP contribution is 2.49. The summed E-state index contributed by atoms with van der Waals surface area (Å²) >= 11 is 6.72. The smallest absolute Gasteiger partial charge is 0.411 e. The second kappa shape index (κ2) is 15.2. The standard InChI is InChI=1S/C35H47ClN4O9/c1-19-10-9-11-27(46-8)35(44)18-26(47-33(43)39-35)22(4)31-34(5,49-31)28(48-32(42)38-21(3)13-12-20(2)37)17-29(41)40(6)24-15-23(14-19)16-25(45-7)30(24)36/h9-13,15-16,22,26-28,31,44H,14,17-18,37H2,1-8H3,(H,38,42)(H,39,43)/b11-9+,19-10+,20-12+,21-13+/t22-,26+,27-,28+,31+,34+,35+/m1/s1. The maximum absolute atomic E-state index is 14.0. The topological polar surface area (TPSA) is 174 Å². The molecule has 2 saturated heterocycles. The van der Waals surface area contributed by atoms with E-state index in [9.17, 15) is 19.5 Å². The summed E-state index contributed by atoms with van der Waals surface area (Å²) in [5.41, 5.74) is 5.92. The number of carbonyl (C=O) groups excluding carboxylic acids is 3. The number of benzene rings is 1. The normalized spacial score (nSPS) is 32.9. The number of rotatable bonds is 5. The third kappa shape index (κ3) is 8.77. The molecule has 0 radical (unpaired) electrons. The van der Waals surface area contributed by atoms with Crippen LogP contribution in [0.3, 0.4) is 0 Å². The summed E-state index contributed by atoms with van der Waals surface area (Å²) < 4.78 is 28.9. The molecule has 0 aromatic heterocycles. The quantitative estimate of drug-likeness (QED) is 0.251. The van der Waals surface area contributed by atoms with Crippen molar-refractivity contribution in [2.75, 3.05) is 26.2 Å². The maximum atomic E-state index is 14.0. The molecule has 3 aliphatic rings. The summed E-state index contributed by atoms with van der Waals surface area (Å²) in [4.78, 5) is 41.3. The van der Waals surface area contributed by atoms with Gasteiger partial charge in [0.05, 0.1) is 25.3 Å². The number of hydrogen-bond donors (Lipinski definition) is 4. The molecule has 4 bridgehead atoms. The number of alkyl carbamates (subject to hydrolysis) is 2. The summed E-state index contributed by atoms with van der Waals surface area (Å²) in [5, 5.41) is 17.1. The van der Waals surface area contributed by atoms with Crippen molar-refractivity contribution in [2.24, 2.45) is 11.7 Å². The zero-order chi connectivity index (χ0) is 36.3. The van der Waals surface area contributed by atoms with E-state index in [0.717, 1.165) is 11.1 Å². The van der Waals surface area contributed by atoms with E-state index in [1.165, 1.54) is 19.1 Å². The highest BCUT2D eigenvalue weighted by atomic mass is 35.5. The van der Waals surface area contributed by atoms with Crippen molar-refractivity contribution in [2.45, 2.75) is 89.6 Å². The molecule has 0 aliphatic carbocycles. The fraction of sp³-hybridized carbons (Fsp3) is 0.514. The van der Waals surface area contributed by atoms with Crippen LogP contribution < -0.4 is 26.0 Å². The molecule has 1 aromatic rings. The SMILES string of the molecule is COc1cc2cc(c1Cl)N(C)C(=O)C[C@H](OC(=O)N/C(C)=C/C=C(\C)N)[C@]1(C)O[C@H]1[C@H](C)[C@@H]1C[C@@](O)(NC(=O)O1)[C@H](OC)/C=C/C=C(\C)C2. The molecule has 4 rings (SSSR count). The van der Waals surface area contributed by atoms with Gasteiger partial charge in [0, 0.05) is 37.9 Å². The van der Waals surface area contributed by atoms with E-state index in [1.807, 2.05) is 19.9 Å². The number of allylic oxidation sites excluding steroid dienone is 7. The molecule has 0 spiro atoms. The van der Waals surface area contributed by atoms with Gasteiger partial charge in [0.25, 0.3) is 0 Å². The van der Waals surface area contributed by atoms with E-state index in [4.69, 9.17) is 41.0 Å². The van der Waals surface area contributed by atoms with Crippen LogP contribution in [0.15, 0.2) is 59.5 Å². The number of hydrogen-bond acceptors (Lipinski definition) is 10. The minimum absolute atomic E-state index is 0.0305. The van der Waals surface area contributed by atoms with Crippen LogP contribution in [0.2, 0.25) is 5.02 Å². The fourth-order valence-corrected chi connectivity index (χ4v) is 6.54. The Kier molecular flexibility index (Phi) is 11.7. The Labute approximate surface area is 292 Å². The van der Waals surface area contributed by atoms with Crippen molar-refractivity contribution < 1.29 is 43.2 Å². The summed E-state index contributed by atoms with van der Waals surface area (Å²) in [7, 11) is 4.52. The second-order valence-corrected chi connectivity index (χ2v) is 13.5. The third-order valence-corrected chi connectivity index (χ3v) is 9.48. The van der Waals surface area contributed by atoms with Gasteiger partial charge in [-0.25, -0.2) is 9.59 Å². The summed E-state index contributed by atoms with van der Waals surface area (Å²) in [6.07, 6.45) is 3.62. The number of amides is 3. The lowest BCUT2D eigenvalue weighted by molar-refractivity contribution is -0.142. The van der Waals surface area contributed by atoms with Gasteiger partial charge >= 0.3 is 12.2 Å². The van der Waals surface area contributed by atoms with Gasteiger partial charge in [-0.3, -0.25) is 15.4 Å². The lowest BCUT2D eigenvalue weighted by Gasteiger charge is -2.42. The molecule has 0 saturated carbocycles. The molecule has 13 nitrogen and oxygen atoms in total. The number of nitrogens with one attached hydrogen (secondary N) is 2. The fourth-order valence-electron chi connectivity index (χ4n) is 6.22. The number of ether oxygens (including phenoxy) is 5. The number of nitrogens with two attached hydrogens (primary N) is 1. The first-order chi connectivity index (χ1) is 23.0. The van der Waals surface area contributed by atoms with Gasteiger partial charge in [-0.1, -0.05) is 42.3 Å². The Balaban J connectivity index is 1.77. The first-order valence-corrected chi connectivity index (χ1v) is 16.4. The minimum atomic E-state index is -1.80. The number of epoxide rings is 1. The number of methoxy groups -OCH3 is 2. The van der Waals surface area contributed by atoms with Crippen molar-refractivity contribution in [1.82, 2.24) is 10.6 Å². The predicted molar refractivity (Wildman–Crippen MR) is 184 cm³/mol. The maximum Gasteiger partial charge on any atom is 0.411 e. The van der Waals surface area contributed by atoms with E-state index < -0.39 is 59.8 Å². The van der Waals surface area contributed by atoms with Gasteiger partial charge in [-0.15, -0.1) is 0 Å². The Morgan fingerprint density at radius 3 is 2.61 bits per heavy atom. The van der Waals surface area contributed by atoms with Crippen molar-refractivity contribution in [3.63, 3.8) is 0 Å². The van der Waals surface area contributed by atoms with Crippen molar-refractivity contribution in [1.29, 1.82) is 0 Å². The van der Waals surface area contributed by atoms with E-state index >= 15 is 0 Å². The zero-order valence-electron chi connectivity index (χ0n) is 29.2. The number of halogens is 1. The largest absolute Gasteiger partial charge is 0.495 e. The molecule has 0 unspecified atom stereocenters. The average Bonchev–Trinajstić information content (AvgIpc) is 3.73. The van der Waals surface area contributed by atoms with Gasteiger partial charge in [-0.05, 0) is 64.0 Å². The van der Waals surface area contributed by atoms with E-state index in [-0.39, 0.29) is 17.9 Å². The Hall–Kier alpha value is -4.04. The molecule has 7 atom stereocenters. The predicted octanol–water partition coefficient (Wildman–Crippen LogP) is 4.62. The van der Waals surface area contributed by atoms with Crippen LogP contribution in [-0.4, -0.2) is 80.2 Å². The van der Waals surface area contributed by atoms with Crippen LogP contribution in [0.25, 0.3) is 0 Å². The lowest BCUT2D eigenvalue weighted by atomic mass is 9.83. The van der Waals surface area contributed by atoms with Crippen LogP contribution in [0.1, 0.15) is 53.0 Å². The molecule has 5 N–H and O–H groups in total. The lowest BCUT2D eigenvalue weighted by Crippen LogP contribution is -2.63. The second-order valence-electron chi connectivity index (χ2n) is 13.1. The molecular formula is C35H47ClN4O9. The summed E-state index contributed by atoms with van der Waals surface area (Å²) in [6.45, 7) is 8.84. The number of anilines is 1. The number of fused-ring (bicyclic) bond motifs is 5. The van der Waals surface area contributed by atoms with Crippen molar-refractivity contribution in [3.05, 3.63) is 70.1 Å². The van der Waals surface area contributed by atoms with Crippen LogP contribution in [0.4, 0.5) is 15.3 Å². The van der Waals surface area contributed by atoms with Crippen LogP contribution in [0.5, 0.6) is 5.75 Å². The van der Waals surface area contributed by atoms with Crippen LogP contribution in [0, 0.1) is 5.92 Å². The Morgan fingerprint density at radius 1 is 1.24 bits per heavy atom. The van der Waals surface area contributed by atoms with Gasteiger partial charge < -0.3 is 39.4 Å². The minimum Gasteiger partial charge on any atom is -0.495 e. The van der Waals surface area contributed by atoms with Gasteiger partial charge in [0.1, 0.15) is 34.7 Å². The molecule has 49 heavy (non-hydrogen) atoms. The summed E-state index contributed by atoms with van der Waals surface area (Å²) in [6, 6.07) is 3.60. The number of aliphatic hydroxyl groups is 1. The highest BCUT2D eigenvalue weighted by Gasteiger charge is 2.64. The third-order valence-electron chi connectivity index (χ3n) is 9.10. The van der Waals surface area contributed by atoms with Crippen LogP contribution in [-0.2, 0) is 30.2 Å². The average molecular weight is 703 g/mol. The van der Waals surface area contributed by atoms with Crippen molar-refractivity contribution in [3.8, 4) is 5.75 Å². The van der Waals surface area contributed by atoms with E-state index in [2.05, 4.69) is 10.6 Å².